The van der Waals surface area contributed by atoms with Gasteiger partial charge in [0.1, 0.15) is 6.54 Å². The van der Waals surface area contributed by atoms with Crippen LogP contribution < -0.4 is 10.9 Å². The second kappa shape index (κ2) is 9.76. The van der Waals surface area contributed by atoms with Crippen LogP contribution in [0.3, 0.4) is 0 Å². The number of aromatic nitrogens is 2. The number of nitrogens with one attached hydrogen (secondary N) is 1. The Morgan fingerprint density at radius 2 is 1.83 bits per heavy atom. The number of carbonyl (C=O) groups excluding carboxylic acids is 1. The van der Waals surface area contributed by atoms with Crippen molar-refractivity contribution in [2.45, 2.75) is 51.1 Å². The number of carbonyl (C=O) groups is 1. The maximum atomic E-state index is 12.9. The van der Waals surface area contributed by atoms with Crippen LogP contribution >= 0.6 is 11.8 Å². The molecule has 3 rings (SSSR count). The van der Waals surface area contributed by atoms with E-state index >= 15 is 0 Å². The highest BCUT2D eigenvalue weighted by atomic mass is 32.2. The highest BCUT2D eigenvalue weighted by Crippen LogP contribution is 2.27. The number of hydrogen-bond acceptors (Lipinski definition) is 4. The molecule has 0 radical (unpaired) electrons. The lowest BCUT2D eigenvalue weighted by Crippen LogP contribution is -2.30. The van der Waals surface area contributed by atoms with Gasteiger partial charge in [0.2, 0.25) is 5.91 Å². The molecule has 30 heavy (non-hydrogen) atoms. The highest BCUT2D eigenvalue weighted by molar-refractivity contribution is 7.98. The first-order valence-electron chi connectivity index (χ1n) is 9.99. The van der Waals surface area contributed by atoms with Gasteiger partial charge in [0, 0.05) is 23.2 Å². The van der Waals surface area contributed by atoms with Gasteiger partial charge in [0.05, 0.1) is 0 Å². The summed E-state index contributed by atoms with van der Waals surface area (Å²) in [5, 5.41) is 3.56. The van der Waals surface area contributed by atoms with Crippen molar-refractivity contribution in [2.75, 3.05) is 5.32 Å². The van der Waals surface area contributed by atoms with Gasteiger partial charge in [-0.15, -0.1) is 0 Å². The first kappa shape index (κ1) is 21.8. The number of rotatable bonds is 7. The van der Waals surface area contributed by atoms with Crippen LogP contribution in [-0.4, -0.2) is 15.5 Å². The number of aryl methyl sites for hydroxylation is 2. The summed E-state index contributed by atoms with van der Waals surface area (Å²) in [4.78, 5) is 30.0. The molecule has 0 saturated carbocycles. The third kappa shape index (κ3) is 5.39. The Balaban J connectivity index is 1.83. The van der Waals surface area contributed by atoms with Gasteiger partial charge in [-0.2, -0.15) is 0 Å². The average Bonchev–Trinajstić information content (AvgIpc) is 2.70. The first-order valence-corrected chi connectivity index (χ1v) is 11.0. The molecule has 0 bridgehead atoms. The van der Waals surface area contributed by atoms with E-state index in [2.05, 4.69) is 24.1 Å². The predicted molar refractivity (Wildman–Crippen MR) is 123 cm³/mol. The molecule has 0 fully saturated rings. The van der Waals surface area contributed by atoms with Crippen molar-refractivity contribution in [1.29, 1.82) is 0 Å². The number of benzene rings is 2. The third-order valence-electron chi connectivity index (χ3n) is 4.81. The molecule has 0 spiro atoms. The molecule has 0 unspecified atom stereocenters. The second-order valence-corrected chi connectivity index (χ2v) is 8.56. The predicted octanol–water partition coefficient (Wildman–Crippen LogP) is 4.91. The Morgan fingerprint density at radius 3 is 2.53 bits per heavy atom. The Kier molecular flexibility index (Phi) is 7.11. The van der Waals surface area contributed by atoms with E-state index in [1.165, 1.54) is 22.4 Å². The van der Waals surface area contributed by atoms with Crippen molar-refractivity contribution >= 4 is 23.4 Å². The maximum Gasteiger partial charge on any atom is 0.254 e. The van der Waals surface area contributed by atoms with Gasteiger partial charge in [-0.25, -0.2) is 4.98 Å². The summed E-state index contributed by atoms with van der Waals surface area (Å²) in [7, 11) is 0. The third-order valence-corrected chi connectivity index (χ3v) is 5.85. The van der Waals surface area contributed by atoms with Crippen LogP contribution in [0.15, 0.2) is 64.5 Å². The van der Waals surface area contributed by atoms with Crippen LogP contribution in [0, 0.1) is 13.8 Å². The van der Waals surface area contributed by atoms with E-state index in [-0.39, 0.29) is 23.9 Å². The van der Waals surface area contributed by atoms with Crippen molar-refractivity contribution in [3.8, 4) is 0 Å². The van der Waals surface area contributed by atoms with Crippen LogP contribution in [0.1, 0.15) is 42.1 Å². The van der Waals surface area contributed by atoms with Crippen LogP contribution in [0.5, 0.6) is 0 Å². The number of amides is 1. The smallest absolute Gasteiger partial charge is 0.254 e. The molecule has 156 valence electrons. The lowest BCUT2D eigenvalue weighted by molar-refractivity contribution is -0.116. The maximum absolute atomic E-state index is 12.9. The molecule has 1 N–H and O–H groups in total. The normalized spacial score (nSPS) is 11.0. The molecule has 3 aromatic rings. The summed E-state index contributed by atoms with van der Waals surface area (Å²) >= 11 is 1.46. The fourth-order valence-corrected chi connectivity index (χ4v) is 4.24. The van der Waals surface area contributed by atoms with Crippen molar-refractivity contribution in [1.82, 2.24) is 9.55 Å². The topological polar surface area (TPSA) is 64.0 Å². The molecule has 2 aromatic carbocycles. The van der Waals surface area contributed by atoms with Crippen molar-refractivity contribution in [3.05, 3.63) is 87.3 Å². The largest absolute Gasteiger partial charge is 0.324 e. The molecule has 1 amide bonds. The SMILES string of the molecule is Cc1cc(=O)n(CC(=O)Nc2c(C)cccc2C(C)C)c(SCc2ccccc2)n1. The molecule has 0 aliphatic heterocycles. The van der Waals surface area contributed by atoms with Gasteiger partial charge in [0.15, 0.2) is 5.16 Å². The molecule has 0 aliphatic rings. The lowest BCUT2D eigenvalue weighted by Gasteiger charge is -2.17. The Labute approximate surface area is 181 Å². The zero-order chi connectivity index (χ0) is 21.7. The molecule has 5 nitrogen and oxygen atoms in total. The number of nitrogens with zero attached hydrogens (tertiary/aromatic N) is 2. The van der Waals surface area contributed by atoms with E-state index in [0.717, 1.165) is 22.4 Å². The molecule has 6 heteroatoms. The number of para-hydroxylation sites is 1. The molecule has 0 saturated heterocycles. The molecule has 0 aliphatic carbocycles. The fourth-order valence-electron chi connectivity index (χ4n) is 3.24. The minimum atomic E-state index is -0.236. The van der Waals surface area contributed by atoms with Crippen LogP contribution in [0.4, 0.5) is 5.69 Å². The molecule has 1 aromatic heterocycles. The Bertz CT molecular complexity index is 1090. The zero-order valence-electron chi connectivity index (χ0n) is 17.8. The van der Waals surface area contributed by atoms with E-state index in [0.29, 0.717) is 16.6 Å². The minimum absolute atomic E-state index is 0.0743. The molecule has 0 atom stereocenters. The summed E-state index contributed by atoms with van der Waals surface area (Å²) in [6.07, 6.45) is 0. The number of anilines is 1. The van der Waals surface area contributed by atoms with E-state index in [1.807, 2.05) is 55.5 Å². The van der Waals surface area contributed by atoms with Crippen molar-refractivity contribution < 1.29 is 4.79 Å². The summed E-state index contributed by atoms with van der Waals surface area (Å²) in [6.45, 7) is 7.88. The van der Waals surface area contributed by atoms with Crippen LogP contribution in [0.25, 0.3) is 0 Å². The van der Waals surface area contributed by atoms with Crippen LogP contribution in [-0.2, 0) is 17.1 Å². The summed E-state index contributed by atoms with van der Waals surface area (Å²) < 4.78 is 1.45. The van der Waals surface area contributed by atoms with E-state index < -0.39 is 0 Å². The quantitative estimate of drug-likeness (QED) is 0.435. The van der Waals surface area contributed by atoms with Gasteiger partial charge in [-0.3, -0.25) is 14.2 Å². The second-order valence-electron chi connectivity index (χ2n) is 7.62. The van der Waals surface area contributed by atoms with Crippen LogP contribution in [0.2, 0.25) is 0 Å². The highest BCUT2D eigenvalue weighted by Gasteiger charge is 2.15. The van der Waals surface area contributed by atoms with Gasteiger partial charge >= 0.3 is 0 Å². The van der Waals surface area contributed by atoms with Gasteiger partial charge in [0.25, 0.3) is 5.56 Å². The average molecular weight is 422 g/mol. The minimum Gasteiger partial charge on any atom is -0.324 e. The molecular formula is C24H27N3O2S. The van der Waals surface area contributed by atoms with Gasteiger partial charge in [-0.05, 0) is 36.5 Å². The number of thioether (sulfide) groups is 1. The van der Waals surface area contributed by atoms with E-state index in [9.17, 15) is 9.59 Å². The standard InChI is InChI=1S/C24H27N3O2S/c1-16(2)20-12-8-9-17(3)23(20)26-21(28)14-27-22(29)13-18(4)25-24(27)30-15-19-10-6-5-7-11-19/h5-13,16H,14-15H2,1-4H3,(H,26,28). The summed E-state index contributed by atoms with van der Waals surface area (Å²) in [5.74, 6) is 0.717. The molecular weight excluding hydrogens is 394 g/mol. The number of hydrogen-bond donors (Lipinski definition) is 1. The van der Waals surface area contributed by atoms with Crippen molar-refractivity contribution in [3.63, 3.8) is 0 Å². The van der Waals surface area contributed by atoms with E-state index in [4.69, 9.17) is 0 Å². The van der Waals surface area contributed by atoms with E-state index in [1.54, 1.807) is 6.92 Å². The Hall–Kier alpha value is -2.86. The van der Waals surface area contributed by atoms with Gasteiger partial charge < -0.3 is 5.32 Å². The Morgan fingerprint density at radius 1 is 1.10 bits per heavy atom. The zero-order valence-corrected chi connectivity index (χ0v) is 18.6. The molecule has 1 heterocycles. The fraction of sp³-hybridized carbons (Fsp3) is 0.292. The summed E-state index contributed by atoms with van der Waals surface area (Å²) in [5.41, 5.74) is 4.47. The van der Waals surface area contributed by atoms with Gasteiger partial charge in [-0.1, -0.05) is 74.1 Å². The van der Waals surface area contributed by atoms with Crippen molar-refractivity contribution in [2.24, 2.45) is 0 Å². The monoisotopic (exact) mass is 421 g/mol. The first-order chi connectivity index (χ1) is 14.3. The lowest BCUT2D eigenvalue weighted by atomic mass is 9.98. The summed E-state index contributed by atoms with van der Waals surface area (Å²) in [6, 6.07) is 17.4.